The number of rotatable bonds is 8. The molecule has 4 nitrogen and oxygen atoms in total. The van der Waals surface area contributed by atoms with Crippen LogP contribution in [0.5, 0.6) is 0 Å². The minimum Gasteiger partial charge on any atom is -0.353 e. The zero-order valence-electron chi connectivity index (χ0n) is 17.9. The highest BCUT2D eigenvalue weighted by atomic mass is 19.1. The molecule has 1 aliphatic carbocycles. The van der Waals surface area contributed by atoms with E-state index in [1.165, 1.54) is 29.8 Å². The topological polar surface area (TPSA) is 49.4 Å². The van der Waals surface area contributed by atoms with Crippen LogP contribution in [0, 0.1) is 5.82 Å². The number of carbonyl (C=O) groups excluding carboxylic acids is 2. The van der Waals surface area contributed by atoms with Crippen molar-refractivity contribution in [3.63, 3.8) is 0 Å². The number of amides is 1. The van der Waals surface area contributed by atoms with Crippen LogP contribution in [-0.4, -0.2) is 42.3 Å². The first kappa shape index (κ1) is 22.2. The van der Waals surface area contributed by atoms with Gasteiger partial charge >= 0.3 is 0 Å². The Bertz CT molecular complexity index is 841. The number of hydrogen-bond acceptors (Lipinski definition) is 3. The smallest absolute Gasteiger partial charge is 0.220 e. The van der Waals surface area contributed by atoms with Crippen LogP contribution in [0.4, 0.5) is 4.39 Å². The van der Waals surface area contributed by atoms with Crippen molar-refractivity contribution >= 4 is 11.7 Å². The summed E-state index contributed by atoms with van der Waals surface area (Å²) in [6.45, 7) is 0. The highest BCUT2D eigenvalue weighted by Crippen LogP contribution is 2.35. The van der Waals surface area contributed by atoms with Crippen molar-refractivity contribution in [2.24, 2.45) is 0 Å². The van der Waals surface area contributed by atoms with Crippen LogP contribution in [0.1, 0.15) is 54.4 Å². The van der Waals surface area contributed by atoms with Gasteiger partial charge in [0, 0.05) is 30.0 Å². The number of halogens is 1. The van der Waals surface area contributed by atoms with Crippen LogP contribution in [0.15, 0.2) is 54.6 Å². The zero-order chi connectivity index (χ0) is 21.6. The third-order valence-electron chi connectivity index (χ3n) is 6.35. The van der Waals surface area contributed by atoms with Crippen molar-refractivity contribution in [1.82, 2.24) is 10.2 Å². The Morgan fingerprint density at radius 2 is 1.63 bits per heavy atom. The maximum Gasteiger partial charge on any atom is 0.220 e. The average molecular weight is 411 g/mol. The predicted molar refractivity (Wildman–Crippen MR) is 117 cm³/mol. The molecule has 0 aliphatic heterocycles. The van der Waals surface area contributed by atoms with Gasteiger partial charge in [0.2, 0.25) is 5.91 Å². The monoisotopic (exact) mass is 410 g/mol. The van der Waals surface area contributed by atoms with Crippen molar-refractivity contribution in [2.45, 2.75) is 56.5 Å². The van der Waals surface area contributed by atoms with Gasteiger partial charge in [-0.1, -0.05) is 30.3 Å². The predicted octanol–water partition coefficient (Wildman–Crippen LogP) is 4.39. The summed E-state index contributed by atoms with van der Waals surface area (Å²) in [5.41, 5.74) is 1.90. The number of benzene rings is 2. The molecule has 0 heterocycles. The molecule has 1 N–H and O–H groups in total. The van der Waals surface area contributed by atoms with E-state index in [-0.39, 0.29) is 41.9 Å². The van der Waals surface area contributed by atoms with Gasteiger partial charge in [0.05, 0.1) is 0 Å². The molecule has 1 fully saturated rings. The molecule has 0 unspecified atom stereocenters. The van der Waals surface area contributed by atoms with Gasteiger partial charge in [-0.3, -0.25) is 9.59 Å². The second-order valence-corrected chi connectivity index (χ2v) is 8.55. The number of likely N-dealkylation sites (N-methyl/N-ethyl adjacent to an activating group) is 1. The lowest BCUT2D eigenvalue weighted by molar-refractivity contribution is -0.122. The standard InChI is InChI=1S/C25H31FN2O2/c1-28(2)25(18-19-6-4-3-5-7-19)16-14-22(15-17-25)27-24(30)13-12-23(29)20-8-10-21(26)11-9-20/h3-11,22H,12-18H2,1-2H3,(H,27,30). The molecule has 0 bridgehead atoms. The summed E-state index contributed by atoms with van der Waals surface area (Å²) in [5, 5.41) is 3.11. The summed E-state index contributed by atoms with van der Waals surface area (Å²) < 4.78 is 13.0. The molecule has 2 aromatic carbocycles. The average Bonchev–Trinajstić information content (AvgIpc) is 2.74. The van der Waals surface area contributed by atoms with Crippen LogP contribution < -0.4 is 5.32 Å². The minimum absolute atomic E-state index is 0.0872. The number of carbonyl (C=O) groups is 2. The maximum atomic E-state index is 13.0. The van der Waals surface area contributed by atoms with Crippen molar-refractivity contribution in [1.29, 1.82) is 0 Å². The lowest BCUT2D eigenvalue weighted by Gasteiger charge is -2.45. The van der Waals surface area contributed by atoms with Crippen LogP contribution in [0.3, 0.4) is 0 Å². The highest BCUT2D eigenvalue weighted by molar-refractivity contribution is 5.97. The van der Waals surface area contributed by atoms with Gasteiger partial charge < -0.3 is 10.2 Å². The number of ketones is 1. The Balaban J connectivity index is 1.47. The van der Waals surface area contributed by atoms with E-state index in [1.807, 2.05) is 6.07 Å². The Kier molecular flexibility index (Phi) is 7.38. The second-order valence-electron chi connectivity index (χ2n) is 8.55. The molecule has 0 spiro atoms. The van der Waals surface area contributed by atoms with Crippen LogP contribution in [0.25, 0.3) is 0 Å². The summed E-state index contributed by atoms with van der Waals surface area (Å²) in [6, 6.07) is 16.2. The number of hydrogen-bond donors (Lipinski definition) is 1. The van der Waals surface area contributed by atoms with Crippen LogP contribution in [0.2, 0.25) is 0 Å². The number of nitrogens with zero attached hydrogens (tertiary/aromatic N) is 1. The van der Waals surface area contributed by atoms with E-state index in [4.69, 9.17) is 0 Å². The Hall–Kier alpha value is -2.53. The molecule has 3 rings (SSSR count). The van der Waals surface area contributed by atoms with E-state index in [2.05, 4.69) is 48.6 Å². The normalized spacial score (nSPS) is 21.4. The zero-order valence-corrected chi connectivity index (χ0v) is 17.9. The van der Waals surface area contributed by atoms with Crippen LogP contribution >= 0.6 is 0 Å². The van der Waals surface area contributed by atoms with E-state index >= 15 is 0 Å². The lowest BCUT2D eigenvalue weighted by atomic mass is 9.75. The van der Waals surface area contributed by atoms with Gasteiger partial charge in [-0.05, 0) is 76.0 Å². The Morgan fingerprint density at radius 3 is 2.23 bits per heavy atom. The second kappa shape index (κ2) is 9.98. The summed E-state index contributed by atoms with van der Waals surface area (Å²) >= 11 is 0. The minimum atomic E-state index is -0.373. The van der Waals surface area contributed by atoms with Gasteiger partial charge in [-0.15, -0.1) is 0 Å². The Labute approximate surface area is 178 Å². The molecular formula is C25H31FN2O2. The molecule has 30 heavy (non-hydrogen) atoms. The SMILES string of the molecule is CN(C)C1(Cc2ccccc2)CCC(NC(=O)CCC(=O)c2ccc(F)cc2)CC1. The summed E-state index contributed by atoms with van der Waals surface area (Å²) in [7, 11) is 4.28. The molecule has 0 atom stereocenters. The quantitative estimate of drug-likeness (QED) is 0.657. The fraction of sp³-hybridized carbons (Fsp3) is 0.440. The molecule has 0 radical (unpaired) electrons. The van der Waals surface area contributed by atoms with E-state index < -0.39 is 0 Å². The number of nitrogens with one attached hydrogen (secondary N) is 1. The van der Waals surface area contributed by atoms with Gasteiger partial charge in [0.25, 0.3) is 0 Å². The van der Waals surface area contributed by atoms with E-state index in [0.29, 0.717) is 5.56 Å². The summed E-state index contributed by atoms with van der Waals surface area (Å²) in [4.78, 5) is 26.9. The van der Waals surface area contributed by atoms with Crippen molar-refractivity contribution in [3.05, 3.63) is 71.5 Å². The van der Waals surface area contributed by atoms with E-state index in [9.17, 15) is 14.0 Å². The summed E-state index contributed by atoms with van der Waals surface area (Å²) in [6.07, 6.45) is 5.22. The van der Waals surface area contributed by atoms with E-state index in [0.717, 1.165) is 32.1 Å². The third-order valence-corrected chi connectivity index (χ3v) is 6.35. The molecule has 1 aliphatic rings. The van der Waals surface area contributed by atoms with Crippen LogP contribution in [-0.2, 0) is 11.2 Å². The van der Waals surface area contributed by atoms with Crippen molar-refractivity contribution in [3.8, 4) is 0 Å². The number of Topliss-reactive ketones (excluding diaryl/α,β-unsaturated/α-hetero) is 1. The molecule has 160 valence electrons. The molecule has 0 saturated heterocycles. The fourth-order valence-electron chi connectivity index (χ4n) is 4.36. The Morgan fingerprint density at radius 1 is 1.00 bits per heavy atom. The first-order chi connectivity index (χ1) is 14.4. The lowest BCUT2D eigenvalue weighted by Crippen LogP contribution is -2.52. The molecule has 1 amide bonds. The largest absolute Gasteiger partial charge is 0.353 e. The maximum absolute atomic E-state index is 13.0. The molecule has 5 heteroatoms. The third kappa shape index (κ3) is 5.76. The first-order valence-corrected chi connectivity index (χ1v) is 10.7. The highest BCUT2D eigenvalue weighted by Gasteiger charge is 2.37. The first-order valence-electron chi connectivity index (χ1n) is 10.7. The molecule has 0 aromatic heterocycles. The molecular weight excluding hydrogens is 379 g/mol. The van der Waals surface area contributed by atoms with Gasteiger partial charge in [0.15, 0.2) is 5.78 Å². The van der Waals surface area contributed by atoms with Gasteiger partial charge in [0.1, 0.15) is 5.82 Å². The summed E-state index contributed by atoms with van der Waals surface area (Å²) in [5.74, 6) is -0.596. The van der Waals surface area contributed by atoms with Gasteiger partial charge in [-0.2, -0.15) is 0 Å². The van der Waals surface area contributed by atoms with E-state index in [1.54, 1.807) is 0 Å². The van der Waals surface area contributed by atoms with Crippen molar-refractivity contribution < 1.29 is 14.0 Å². The molecule has 1 saturated carbocycles. The van der Waals surface area contributed by atoms with Gasteiger partial charge in [-0.25, -0.2) is 4.39 Å². The molecule has 2 aromatic rings. The van der Waals surface area contributed by atoms with Crippen molar-refractivity contribution in [2.75, 3.05) is 14.1 Å². The fourth-order valence-corrected chi connectivity index (χ4v) is 4.36.